The Morgan fingerprint density at radius 2 is 2.25 bits per heavy atom. The van der Waals surface area contributed by atoms with Gasteiger partial charge in [-0.15, -0.1) is 0 Å². The van der Waals surface area contributed by atoms with Crippen molar-refractivity contribution in [3.8, 4) is 5.75 Å². The predicted octanol–water partition coefficient (Wildman–Crippen LogP) is 0.254. The van der Waals surface area contributed by atoms with Crippen molar-refractivity contribution < 1.29 is 27.4 Å². The fraction of sp³-hybridized carbons (Fsp3) is 0.533. The number of carbonyl (C=O) groups excluding carboxylic acids is 1. The average molecular weight is 360 g/mol. The first-order valence-corrected chi connectivity index (χ1v) is 9.37. The van der Waals surface area contributed by atoms with Crippen molar-refractivity contribution in [2.45, 2.75) is 12.5 Å². The molecular weight excluding hydrogens is 339 g/mol. The molecule has 0 spiro atoms. The molecule has 0 bridgehead atoms. The highest BCUT2D eigenvalue weighted by Crippen LogP contribution is 2.25. The molecule has 1 saturated heterocycles. The molecule has 1 atom stereocenters. The number of nitrogens with one attached hydrogen (secondary N) is 1. The first kappa shape index (κ1) is 18.5. The standard InChI is InChI=1S/C15H21FN2O5S/c1-18(12-4-7-24(21,22)10-12)15(20)9-17-13-3-2-11(16)8-14(13)23-6-5-19/h2-3,8,12,17,19H,4-7,9-10H2,1H3/t12-/m1/s1. The largest absolute Gasteiger partial charge is 0.489 e. The van der Waals surface area contributed by atoms with Crippen LogP contribution in [-0.4, -0.2) is 68.7 Å². The highest BCUT2D eigenvalue weighted by Gasteiger charge is 2.32. The van der Waals surface area contributed by atoms with Crippen molar-refractivity contribution in [1.29, 1.82) is 0 Å². The number of likely N-dealkylation sites (N-methyl/N-ethyl adjacent to an activating group) is 1. The number of amides is 1. The summed E-state index contributed by atoms with van der Waals surface area (Å²) in [4.78, 5) is 13.6. The Labute approximate surface area is 140 Å². The first-order chi connectivity index (χ1) is 11.3. The molecule has 2 N–H and O–H groups in total. The summed E-state index contributed by atoms with van der Waals surface area (Å²) in [5, 5.41) is 11.7. The van der Waals surface area contributed by atoms with Crippen molar-refractivity contribution in [2.75, 3.05) is 43.6 Å². The van der Waals surface area contributed by atoms with Gasteiger partial charge in [-0.05, 0) is 18.6 Å². The number of ether oxygens (including phenoxy) is 1. The molecule has 7 nitrogen and oxygen atoms in total. The minimum Gasteiger partial charge on any atom is -0.489 e. The molecule has 134 valence electrons. The fourth-order valence-corrected chi connectivity index (χ4v) is 4.27. The van der Waals surface area contributed by atoms with Crippen LogP contribution in [0.4, 0.5) is 10.1 Å². The van der Waals surface area contributed by atoms with Crippen LogP contribution < -0.4 is 10.1 Å². The van der Waals surface area contributed by atoms with Crippen LogP contribution >= 0.6 is 0 Å². The molecule has 1 aromatic rings. The number of sulfone groups is 1. The SMILES string of the molecule is CN(C(=O)CNc1ccc(F)cc1OCCO)[C@@H]1CCS(=O)(=O)C1. The number of aliphatic hydroxyl groups is 1. The van der Waals surface area contributed by atoms with Crippen molar-refractivity contribution in [2.24, 2.45) is 0 Å². The zero-order valence-corrected chi connectivity index (χ0v) is 14.2. The van der Waals surface area contributed by atoms with E-state index in [-0.39, 0.29) is 49.0 Å². The Morgan fingerprint density at radius 3 is 2.88 bits per heavy atom. The number of nitrogens with zero attached hydrogens (tertiary/aromatic N) is 1. The van der Waals surface area contributed by atoms with E-state index < -0.39 is 15.7 Å². The molecule has 0 radical (unpaired) electrons. The maximum absolute atomic E-state index is 13.3. The van der Waals surface area contributed by atoms with E-state index in [1.807, 2.05) is 0 Å². The third-order valence-corrected chi connectivity index (χ3v) is 5.62. The average Bonchev–Trinajstić information content (AvgIpc) is 2.90. The van der Waals surface area contributed by atoms with Gasteiger partial charge in [0.1, 0.15) is 18.2 Å². The number of hydrogen-bond donors (Lipinski definition) is 2. The van der Waals surface area contributed by atoms with Gasteiger partial charge in [0.15, 0.2) is 9.84 Å². The van der Waals surface area contributed by atoms with Gasteiger partial charge in [0.2, 0.25) is 5.91 Å². The van der Waals surface area contributed by atoms with Gasteiger partial charge in [-0.3, -0.25) is 4.79 Å². The molecule has 0 aliphatic carbocycles. The van der Waals surface area contributed by atoms with Crippen molar-refractivity contribution >= 4 is 21.4 Å². The molecule has 0 aromatic heterocycles. The monoisotopic (exact) mass is 360 g/mol. The molecule has 9 heteroatoms. The van der Waals surface area contributed by atoms with Gasteiger partial charge in [-0.2, -0.15) is 0 Å². The summed E-state index contributed by atoms with van der Waals surface area (Å²) >= 11 is 0. The maximum atomic E-state index is 13.3. The van der Waals surface area contributed by atoms with Crippen LogP contribution in [-0.2, 0) is 14.6 Å². The van der Waals surface area contributed by atoms with Crippen LogP contribution in [0.5, 0.6) is 5.75 Å². The number of carbonyl (C=O) groups is 1. The minimum absolute atomic E-state index is 0.00587. The summed E-state index contributed by atoms with van der Waals surface area (Å²) in [6.07, 6.45) is 0.436. The normalized spacial score (nSPS) is 19.0. The highest BCUT2D eigenvalue weighted by atomic mass is 32.2. The molecule has 1 amide bonds. The molecular formula is C15H21FN2O5S. The molecule has 1 aromatic carbocycles. The zero-order chi connectivity index (χ0) is 17.7. The Balaban J connectivity index is 1.96. The first-order valence-electron chi connectivity index (χ1n) is 7.55. The van der Waals surface area contributed by atoms with Gasteiger partial charge < -0.3 is 20.1 Å². The van der Waals surface area contributed by atoms with Crippen LogP contribution in [0.2, 0.25) is 0 Å². The number of halogens is 1. The number of anilines is 1. The lowest BCUT2D eigenvalue weighted by Crippen LogP contribution is -2.40. The third kappa shape index (κ3) is 4.81. The maximum Gasteiger partial charge on any atom is 0.241 e. The number of hydrogen-bond acceptors (Lipinski definition) is 6. The lowest BCUT2D eigenvalue weighted by Gasteiger charge is -2.24. The molecule has 0 saturated carbocycles. The summed E-state index contributed by atoms with van der Waals surface area (Å²) in [6.45, 7) is -0.284. The molecule has 1 heterocycles. The molecule has 2 rings (SSSR count). The van der Waals surface area contributed by atoms with Crippen LogP contribution in [0.25, 0.3) is 0 Å². The van der Waals surface area contributed by atoms with Crippen LogP contribution in [0.1, 0.15) is 6.42 Å². The molecule has 1 aliphatic heterocycles. The second-order valence-electron chi connectivity index (χ2n) is 5.63. The van der Waals surface area contributed by atoms with Crippen LogP contribution in [0.15, 0.2) is 18.2 Å². The van der Waals surface area contributed by atoms with Gasteiger partial charge in [0, 0.05) is 19.2 Å². The van der Waals surface area contributed by atoms with Crippen molar-refractivity contribution in [3.63, 3.8) is 0 Å². The zero-order valence-electron chi connectivity index (χ0n) is 13.4. The van der Waals surface area contributed by atoms with E-state index in [2.05, 4.69) is 5.32 Å². The smallest absolute Gasteiger partial charge is 0.241 e. The Morgan fingerprint density at radius 1 is 1.50 bits per heavy atom. The van der Waals surface area contributed by atoms with E-state index >= 15 is 0 Å². The number of benzene rings is 1. The minimum atomic E-state index is -3.06. The second kappa shape index (κ2) is 7.80. The quantitative estimate of drug-likeness (QED) is 0.724. The fourth-order valence-electron chi connectivity index (χ4n) is 2.50. The predicted molar refractivity (Wildman–Crippen MR) is 87.3 cm³/mol. The summed E-state index contributed by atoms with van der Waals surface area (Å²) in [7, 11) is -1.49. The Bertz CT molecular complexity index is 695. The lowest BCUT2D eigenvalue weighted by atomic mass is 10.2. The van der Waals surface area contributed by atoms with Gasteiger partial charge in [0.25, 0.3) is 0 Å². The summed E-state index contributed by atoms with van der Waals surface area (Å²) in [6, 6.07) is 3.51. The topological polar surface area (TPSA) is 95.9 Å². The van der Waals surface area contributed by atoms with E-state index in [0.29, 0.717) is 12.1 Å². The lowest BCUT2D eigenvalue weighted by molar-refractivity contribution is -0.129. The molecule has 0 unspecified atom stereocenters. The van der Waals surface area contributed by atoms with Crippen molar-refractivity contribution in [3.05, 3.63) is 24.0 Å². The van der Waals surface area contributed by atoms with E-state index in [4.69, 9.17) is 9.84 Å². The van der Waals surface area contributed by atoms with E-state index in [0.717, 1.165) is 6.07 Å². The van der Waals surface area contributed by atoms with E-state index in [9.17, 15) is 17.6 Å². The second-order valence-corrected chi connectivity index (χ2v) is 7.86. The number of rotatable bonds is 7. The van der Waals surface area contributed by atoms with Crippen molar-refractivity contribution in [1.82, 2.24) is 4.90 Å². The summed E-state index contributed by atoms with van der Waals surface area (Å²) in [5.41, 5.74) is 0.422. The van der Waals surface area contributed by atoms with Crippen LogP contribution in [0, 0.1) is 5.82 Å². The van der Waals surface area contributed by atoms with Crippen LogP contribution in [0.3, 0.4) is 0 Å². The summed E-state index contributed by atoms with van der Waals surface area (Å²) < 4.78 is 41.5. The molecule has 1 fully saturated rings. The van der Waals surface area contributed by atoms with Gasteiger partial charge in [-0.1, -0.05) is 0 Å². The van der Waals surface area contributed by atoms with Gasteiger partial charge >= 0.3 is 0 Å². The Hall–Kier alpha value is -1.87. The molecule has 24 heavy (non-hydrogen) atoms. The number of aliphatic hydroxyl groups excluding tert-OH is 1. The molecule has 1 aliphatic rings. The third-order valence-electron chi connectivity index (χ3n) is 3.87. The highest BCUT2D eigenvalue weighted by molar-refractivity contribution is 7.91. The van der Waals surface area contributed by atoms with E-state index in [1.165, 1.54) is 17.0 Å². The van der Waals surface area contributed by atoms with E-state index in [1.54, 1.807) is 7.05 Å². The van der Waals surface area contributed by atoms with Gasteiger partial charge in [0.05, 0.1) is 30.3 Å². The Kier molecular flexibility index (Phi) is 6.00. The summed E-state index contributed by atoms with van der Waals surface area (Å²) in [5.74, 6) is -0.484. The van der Waals surface area contributed by atoms with Gasteiger partial charge in [-0.25, -0.2) is 12.8 Å².